The van der Waals surface area contributed by atoms with Crippen molar-refractivity contribution in [2.75, 3.05) is 5.32 Å². The number of hydrogen-bond donors (Lipinski definition) is 1. The number of aromatic nitrogens is 2. The van der Waals surface area contributed by atoms with Crippen molar-refractivity contribution >= 4 is 17.6 Å². The van der Waals surface area contributed by atoms with Gasteiger partial charge in [-0.2, -0.15) is 0 Å². The van der Waals surface area contributed by atoms with E-state index in [9.17, 15) is 14.0 Å². The first-order valence-corrected chi connectivity index (χ1v) is 8.85. The zero-order chi connectivity index (χ0) is 20.4. The molecular weight excluding hydrogens is 381 g/mol. The molecule has 0 bridgehead atoms. The number of rotatable bonds is 5. The molecule has 1 N–H and O–H groups in total. The lowest BCUT2D eigenvalue weighted by Crippen LogP contribution is -2.38. The maximum atomic E-state index is 13.0. The Hall–Kier alpha value is -3.75. The Kier molecular flexibility index (Phi) is 4.94. The number of hydrogen-bond acceptors (Lipinski definition) is 7. The highest BCUT2D eigenvalue weighted by Gasteiger charge is 2.31. The van der Waals surface area contributed by atoms with Crippen molar-refractivity contribution < 1.29 is 27.9 Å². The summed E-state index contributed by atoms with van der Waals surface area (Å²) in [7, 11) is 0. The highest BCUT2D eigenvalue weighted by molar-refractivity contribution is 5.99. The van der Waals surface area contributed by atoms with Crippen molar-refractivity contribution in [1.29, 1.82) is 0 Å². The number of amides is 1. The van der Waals surface area contributed by atoms with Crippen LogP contribution in [0.1, 0.15) is 25.3 Å². The third-order valence-corrected chi connectivity index (χ3v) is 4.25. The van der Waals surface area contributed by atoms with Gasteiger partial charge < -0.3 is 19.2 Å². The van der Waals surface area contributed by atoms with Gasteiger partial charge in [-0.3, -0.25) is 9.59 Å². The summed E-state index contributed by atoms with van der Waals surface area (Å²) in [6.07, 6.45) is -2.10. The van der Waals surface area contributed by atoms with Gasteiger partial charge in [0.1, 0.15) is 11.6 Å². The van der Waals surface area contributed by atoms with E-state index in [0.29, 0.717) is 17.0 Å². The Bertz CT molecular complexity index is 1050. The summed E-state index contributed by atoms with van der Waals surface area (Å²) in [4.78, 5) is 24.4. The van der Waals surface area contributed by atoms with Crippen molar-refractivity contribution in [1.82, 2.24) is 10.2 Å². The van der Waals surface area contributed by atoms with Gasteiger partial charge in [-0.25, -0.2) is 4.39 Å². The first-order chi connectivity index (χ1) is 14.0. The van der Waals surface area contributed by atoms with Crippen LogP contribution in [-0.2, 0) is 14.3 Å². The number of carbonyl (C=O) groups excluding carboxylic acids is 2. The van der Waals surface area contributed by atoms with E-state index in [4.69, 9.17) is 13.9 Å². The second-order valence-electron chi connectivity index (χ2n) is 6.38. The summed E-state index contributed by atoms with van der Waals surface area (Å²) < 4.78 is 29.4. The van der Waals surface area contributed by atoms with E-state index in [1.165, 1.54) is 24.3 Å². The molecule has 1 aliphatic heterocycles. The minimum absolute atomic E-state index is 0.0806. The van der Waals surface area contributed by atoms with Gasteiger partial charge in [0.2, 0.25) is 5.89 Å². The minimum atomic E-state index is -0.998. The van der Waals surface area contributed by atoms with Gasteiger partial charge in [0.05, 0.1) is 12.1 Å². The van der Waals surface area contributed by atoms with Crippen LogP contribution in [0.2, 0.25) is 0 Å². The van der Waals surface area contributed by atoms with E-state index in [1.54, 1.807) is 31.2 Å². The summed E-state index contributed by atoms with van der Waals surface area (Å²) in [6.45, 7) is 1.57. The quantitative estimate of drug-likeness (QED) is 0.659. The molecule has 148 valence electrons. The normalized spacial score (nSPS) is 16.3. The second kappa shape index (κ2) is 7.70. The molecule has 2 aromatic carbocycles. The van der Waals surface area contributed by atoms with Crippen LogP contribution in [0.25, 0.3) is 11.5 Å². The molecule has 1 amide bonds. The smallest absolute Gasteiger partial charge is 0.310 e. The number of nitrogens with zero attached hydrogens (tertiary/aromatic N) is 2. The summed E-state index contributed by atoms with van der Waals surface area (Å²) in [5.74, 6) is -0.721. The largest absolute Gasteiger partial charge is 0.478 e. The fourth-order valence-electron chi connectivity index (χ4n) is 2.78. The average molecular weight is 397 g/mol. The third-order valence-electron chi connectivity index (χ3n) is 4.25. The molecule has 0 saturated heterocycles. The molecule has 0 spiro atoms. The predicted octanol–water partition coefficient (Wildman–Crippen LogP) is 3.27. The third kappa shape index (κ3) is 4.08. The number of ether oxygens (including phenoxy) is 2. The molecule has 0 saturated carbocycles. The number of para-hydroxylation sites is 2. The fourth-order valence-corrected chi connectivity index (χ4v) is 2.78. The first-order valence-electron chi connectivity index (χ1n) is 8.85. The molecular formula is C20H16FN3O5. The molecule has 0 aliphatic carbocycles. The molecule has 29 heavy (non-hydrogen) atoms. The number of benzene rings is 2. The van der Waals surface area contributed by atoms with E-state index in [-0.39, 0.29) is 24.0 Å². The molecule has 8 nitrogen and oxygen atoms in total. The van der Waals surface area contributed by atoms with Crippen molar-refractivity contribution in [3.63, 3.8) is 0 Å². The Labute approximate surface area is 164 Å². The fraction of sp³-hybridized carbons (Fsp3) is 0.200. The zero-order valence-electron chi connectivity index (χ0n) is 15.3. The molecule has 0 radical (unpaired) electrons. The maximum absolute atomic E-state index is 13.0. The predicted molar refractivity (Wildman–Crippen MR) is 98.3 cm³/mol. The van der Waals surface area contributed by atoms with Crippen LogP contribution in [0, 0.1) is 5.82 Å². The summed E-state index contributed by atoms with van der Waals surface area (Å²) >= 11 is 0. The number of nitrogens with one attached hydrogen (secondary N) is 1. The number of anilines is 1. The lowest BCUT2D eigenvalue weighted by Gasteiger charge is -2.25. The summed E-state index contributed by atoms with van der Waals surface area (Å²) in [5.41, 5.74) is 1.09. The van der Waals surface area contributed by atoms with Crippen LogP contribution in [0.5, 0.6) is 5.75 Å². The van der Waals surface area contributed by atoms with Crippen LogP contribution in [0.4, 0.5) is 10.1 Å². The maximum Gasteiger partial charge on any atom is 0.310 e. The molecule has 3 aromatic rings. The van der Waals surface area contributed by atoms with Crippen molar-refractivity contribution in [3.05, 3.63) is 60.2 Å². The molecule has 0 unspecified atom stereocenters. The van der Waals surface area contributed by atoms with Gasteiger partial charge >= 0.3 is 5.97 Å². The van der Waals surface area contributed by atoms with Gasteiger partial charge in [0.15, 0.2) is 12.2 Å². The zero-order valence-corrected chi connectivity index (χ0v) is 15.3. The van der Waals surface area contributed by atoms with E-state index in [1.807, 2.05) is 0 Å². The van der Waals surface area contributed by atoms with E-state index >= 15 is 0 Å². The molecule has 0 fully saturated rings. The Morgan fingerprint density at radius 2 is 1.97 bits per heavy atom. The SMILES string of the molecule is C[C@@H](OC(=O)C[C@@H]1Oc2ccccc2NC1=O)c1nnc(-c2ccc(F)cc2)o1. The van der Waals surface area contributed by atoms with Crippen LogP contribution < -0.4 is 10.1 Å². The number of fused-ring (bicyclic) bond motifs is 1. The standard InChI is InChI=1S/C20H16FN3O5/c1-11(19-23-24-20(29-19)12-6-8-13(21)9-7-12)27-17(25)10-16-18(26)22-14-4-2-3-5-15(14)28-16/h2-9,11,16H,10H2,1H3,(H,22,26)/t11-,16+/m1/s1. The Balaban J connectivity index is 1.38. The summed E-state index contributed by atoms with van der Waals surface area (Å²) in [5, 5.41) is 10.4. The Morgan fingerprint density at radius 1 is 1.21 bits per heavy atom. The highest BCUT2D eigenvalue weighted by Crippen LogP contribution is 2.30. The van der Waals surface area contributed by atoms with Crippen LogP contribution in [0.15, 0.2) is 52.9 Å². The van der Waals surface area contributed by atoms with Gasteiger partial charge in [-0.15, -0.1) is 10.2 Å². The van der Waals surface area contributed by atoms with Gasteiger partial charge in [-0.1, -0.05) is 12.1 Å². The topological polar surface area (TPSA) is 104 Å². The molecule has 1 aliphatic rings. The minimum Gasteiger partial charge on any atom is -0.478 e. The second-order valence-corrected chi connectivity index (χ2v) is 6.38. The average Bonchev–Trinajstić information content (AvgIpc) is 3.19. The van der Waals surface area contributed by atoms with Gasteiger partial charge in [0, 0.05) is 5.56 Å². The van der Waals surface area contributed by atoms with Crippen LogP contribution >= 0.6 is 0 Å². The van der Waals surface area contributed by atoms with Crippen molar-refractivity contribution in [2.24, 2.45) is 0 Å². The number of halogens is 1. The Morgan fingerprint density at radius 3 is 2.76 bits per heavy atom. The number of esters is 1. The molecule has 9 heteroatoms. The van der Waals surface area contributed by atoms with Crippen LogP contribution in [-0.4, -0.2) is 28.2 Å². The molecule has 4 rings (SSSR count). The van der Waals surface area contributed by atoms with Crippen molar-refractivity contribution in [2.45, 2.75) is 25.6 Å². The number of carbonyl (C=O) groups is 2. The van der Waals surface area contributed by atoms with Crippen LogP contribution in [0.3, 0.4) is 0 Å². The van der Waals surface area contributed by atoms with E-state index in [2.05, 4.69) is 15.5 Å². The first kappa shape index (κ1) is 18.6. The van der Waals surface area contributed by atoms with Gasteiger partial charge in [-0.05, 0) is 43.3 Å². The summed E-state index contributed by atoms with van der Waals surface area (Å²) in [6, 6.07) is 12.5. The monoisotopic (exact) mass is 397 g/mol. The lowest BCUT2D eigenvalue weighted by atomic mass is 10.1. The highest BCUT2D eigenvalue weighted by atomic mass is 19.1. The lowest BCUT2D eigenvalue weighted by molar-refractivity contribution is -0.153. The molecule has 2 atom stereocenters. The van der Waals surface area contributed by atoms with E-state index < -0.39 is 24.1 Å². The van der Waals surface area contributed by atoms with Crippen molar-refractivity contribution in [3.8, 4) is 17.2 Å². The van der Waals surface area contributed by atoms with Gasteiger partial charge in [0.25, 0.3) is 11.8 Å². The molecule has 2 heterocycles. The molecule has 1 aromatic heterocycles. The van der Waals surface area contributed by atoms with E-state index in [0.717, 1.165) is 0 Å².